The van der Waals surface area contributed by atoms with Crippen LogP contribution in [0.5, 0.6) is 17.2 Å². The van der Waals surface area contributed by atoms with Gasteiger partial charge in [-0.3, -0.25) is 14.5 Å². The van der Waals surface area contributed by atoms with E-state index in [9.17, 15) is 9.59 Å². The number of para-hydroxylation sites is 2. The second kappa shape index (κ2) is 10.5. The number of amides is 2. The molecule has 0 spiro atoms. The molecule has 6 nitrogen and oxygen atoms in total. The monoisotopic (exact) mass is 491 g/mol. The molecule has 1 heterocycles. The normalized spacial score (nSPS) is 15.0. The molecule has 8 heteroatoms. The number of imide groups is 1. The molecule has 1 aliphatic rings. The predicted molar refractivity (Wildman–Crippen MR) is 121 cm³/mol. The van der Waals surface area contributed by atoms with Crippen molar-refractivity contribution in [3.05, 3.63) is 57.4 Å². The summed E-state index contributed by atoms with van der Waals surface area (Å²) < 4.78 is 17.4. The summed E-state index contributed by atoms with van der Waals surface area (Å²) in [7, 11) is 1.56. The summed E-state index contributed by atoms with van der Waals surface area (Å²) >= 11 is 4.41. The summed E-state index contributed by atoms with van der Waals surface area (Å²) in [5.74, 6) is 1.59. The highest BCUT2D eigenvalue weighted by molar-refractivity contribution is 9.10. The van der Waals surface area contributed by atoms with Crippen LogP contribution in [0, 0.1) is 0 Å². The lowest BCUT2D eigenvalue weighted by atomic mass is 10.2. The predicted octanol–water partition coefficient (Wildman–Crippen LogP) is 5.36. The van der Waals surface area contributed by atoms with E-state index >= 15 is 0 Å². The van der Waals surface area contributed by atoms with E-state index in [4.69, 9.17) is 14.2 Å². The van der Waals surface area contributed by atoms with Gasteiger partial charge in [0.05, 0.1) is 29.6 Å². The minimum atomic E-state index is -0.323. The van der Waals surface area contributed by atoms with Crippen molar-refractivity contribution in [2.75, 3.05) is 26.9 Å². The van der Waals surface area contributed by atoms with Crippen LogP contribution in [-0.4, -0.2) is 42.9 Å². The number of carbonyl (C=O) groups excluding carboxylic acids is 2. The van der Waals surface area contributed by atoms with E-state index in [0.29, 0.717) is 23.0 Å². The Morgan fingerprint density at radius 1 is 1.03 bits per heavy atom. The van der Waals surface area contributed by atoms with Gasteiger partial charge in [-0.1, -0.05) is 25.1 Å². The van der Waals surface area contributed by atoms with Crippen LogP contribution in [0.15, 0.2) is 51.8 Å². The van der Waals surface area contributed by atoms with Crippen molar-refractivity contribution in [2.45, 2.75) is 13.3 Å². The van der Waals surface area contributed by atoms with Crippen molar-refractivity contribution in [3.8, 4) is 17.2 Å². The quantitative estimate of drug-likeness (QED) is 0.439. The minimum absolute atomic E-state index is 0.160. The Balaban J connectivity index is 1.63. The van der Waals surface area contributed by atoms with Gasteiger partial charge in [0.2, 0.25) is 0 Å². The first kappa shape index (κ1) is 22.2. The van der Waals surface area contributed by atoms with Crippen LogP contribution >= 0.6 is 27.7 Å². The van der Waals surface area contributed by atoms with Gasteiger partial charge in [-0.2, -0.15) is 0 Å². The Morgan fingerprint density at radius 3 is 2.47 bits per heavy atom. The average Bonchev–Trinajstić information content (AvgIpc) is 3.01. The number of benzene rings is 2. The Labute approximate surface area is 188 Å². The highest BCUT2D eigenvalue weighted by atomic mass is 79.9. The second-order valence-corrected chi connectivity index (χ2v) is 8.22. The number of carbonyl (C=O) groups is 2. The first-order valence-electron chi connectivity index (χ1n) is 9.47. The molecule has 1 saturated heterocycles. The van der Waals surface area contributed by atoms with Crippen molar-refractivity contribution < 1.29 is 23.8 Å². The third kappa shape index (κ3) is 5.37. The molecule has 0 saturated carbocycles. The molecule has 0 aliphatic carbocycles. The van der Waals surface area contributed by atoms with Gasteiger partial charge in [0.1, 0.15) is 12.4 Å². The lowest BCUT2D eigenvalue weighted by Crippen LogP contribution is -2.32. The molecule has 0 aromatic heterocycles. The SMILES string of the molecule is CCCOc1ccc(/C=C2\SC(=O)N(CCOc3ccccc3OC)C2=O)cc1Br. The Kier molecular flexibility index (Phi) is 7.81. The lowest BCUT2D eigenvalue weighted by Gasteiger charge is -2.14. The molecule has 0 bridgehead atoms. The number of halogens is 1. The molecule has 0 unspecified atom stereocenters. The molecule has 2 aromatic rings. The average molecular weight is 492 g/mol. The Bertz CT molecular complexity index is 962. The number of rotatable bonds is 9. The topological polar surface area (TPSA) is 65.1 Å². The fourth-order valence-electron chi connectivity index (χ4n) is 2.77. The highest BCUT2D eigenvalue weighted by Gasteiger charge is 2.34. The van der Waals surface area contributed by atoms with Gasteiger partial charge >= 0.3 is 0 Å². The van der Waals surface area contributed by atoms with Crippen LogP contribution < -0.4 is 14.2 Å². The number of nitrogens with zero attached hydrogens (tertiary/aromatic N) is 1. The lowest BCUT2D eigenvalue weighted by molar-refractivity contribution is -0.123. The van der Waals surface area contributed by atoms with Crippen LogP contribution in [0.2, 0.25) is 0 Å². The van der Waals surface area contributed by atoms with Gasteiger partial charge in [-0.05, 0) is 70.0 Å². The van der Waals surface area contributed by atoms with Crippen molar-refractivity contribution in [1.82, 2.24) is 4.90 Å². The number of hydrogen-bond donors (Lipinski definition) is 0. The molecule has 1 aliphatic heterocycles. The van der Waals surface area contributed by atoms with Crippen molar-refractivity contribution in [2.24, 2.45) is 0 Å². The van der Waals surface area contributed by atoms with E-state index in [1.165, 1.54) is 4.90 Å². The van der Waals surface area contributed by atoms with Crippen LogP contribution in [0.3, 0.4) is 0 Å². The van der Waals surface area contributed by atoms with Gasteiger partial charge in [0.25, 0.3) is 11.1 Å². The maximum atomic E-state index is 12.7. The number of hydrogen-bond acceptors (Lipinski definition) is 6. The van der Waals surface area contributed by atoms with Gasteiger partial charge in [-0.25, -0.2) is 0 Å². The van der Waals surface area contributed by atoms with Gasteiger partial charge in [-0.15, -0.1) is 0 Å². The van der Waals surface area contributed by atoms with Gasteiger partial charge in [0.15, 0.2) is 11.5 Å². The van der Waals surface area contributed by atoms with E-state index in [1.54, 1.807) is 25.3 Å². The molecule has 0 atom stereocenters. The van der Waals surface area contributed by atoms with Gasteiger partial charge < -0.3 is 14.2 Å². The fourth-order valence-corrected chi connectivity index (χ4v) is 4.14. The third-order valence-electron chi connectivity index (χ3n) is 4.23. The number of ether oxygens (including phenoxy) is 3. The van der Waals surface area contributed by atoms with Crippen LogP contribution in [0.4, 0.5) is 4.79 Å². The summed E-state index contributed by atoms with van der Waals surface area (Å²) in [6, 6.07) is 12.8. The van der Waals surface area contributed by atoms with Crippen LogP contribution in [-0.2, 0) is 4.79 Å². The second-order valence-electron chi connectivity index (χ2n) is 6.37. The van der Waals surface area contributed by atoms with Crippen molar-refractivity contribution in [1.29, 1.82) is 0 Å². The molecule has 158 valence electrons. The molecule has 0 N–H and O–H groups in total. The van der Waals surface area contributed by atoms with E-state index < -0.39 is 0 Å². The maximum Gasteiger partial charge on any atom is 0.293 e. The fraction of sp³-hybridized carbons (Fsp3) is 0.273. The Morgan fingerprint density at radius 2 is 1.77 bits per heavy atom. The zero-order valence-corrected chi connectivity index (χ0v) is 19.1. The van der Waals surface area contributed by atoms with Crippen molar-refractivity contribution >= 4 is 44.9 Å². The first-order chi connectivity index (χ1) is 14.5. The first-order valence-corrected chi connectivity index (χ1v) is 11.1. The summed E-state index contributed by atoms with van der Waals surface area (Å²) in [6.45, 7) is 3.02. The summed E-state index contributed by atoms with van der Waals surface area (Å²) in [5, 5.41) is -0.308. The smallest absolute Gasteiger partial charge is 0.293 e. The van der Waals surface area contributed by atoms with E-state index in [1.807, 2.05) is 37.3 Å². The summed E-state index contributed by atoms with van der Waals surface area (Å²) in [4.78, 5) is 26.6. The molecule has 2 amide bonds. The minimum Gasteiger partial charge on any atom is -0.493 e. The molecular weight excluding hydrogens is 470 g/mol. The van der Waals surface area contributed by atoms with E-state index in [-0.39, 0.29) is 24.3 Å². The summed E-state index contributed by atoms with van der Waals surface area (Å²) in [6.07, 6.45) is 2.63. The highest BCUT2D eigenvalue weighted by Crippen LogP contribution is 2.34. The zero-order chi connectivity index (χ0) is 21.5. The van der Waals surface area contributed by atoms with E-state index in [0.717, 1.165) is 34.0 Å². The number of thioether (sulfide) groups is 1. The maximum absolute atomic E-state index is 12.7. The standard InChI is InChI=1S/C22H22BrNO5S/c1-3-11-28-17-9-8-15(13-16(17)23)14-20-21(25)24(22(26)30-20)10-12-29-19-7-5-4-6-18(19)27-2/h4-9,13-14H,3,10-12H2,1-2H3/b20-14-. The third-order valence-corrected chi connectivity index (χ3v) is 5.76. The molecular formula is C22H22BrNO5S. The van der Waals surface area contributed by atoms with Crippen LogP contribution in [0.1, 0.15) is 18.9 Å². The molecule has 1 fully saturated rings. The molecule has 3 rings (SSSR count). The van der Waals surface area contributed by atoms with Crippen LogP contribution in [0.25, 0.3) is 6.08 Å². The number of methoxy groups -OCH3 is 1. The molecule has 30 heavy (non-hydrogen) atoms. The molecule has 0 radical (unpaired) electrons. The molecule has 2 aromatic carbocycles. The van der Waals surface area contributed by atoms with E-state index in [2.05, 4.69) is 15.9 Å². The van der Waals surface area contributed by atoms with Crippen molar-refractivity contribution in [3.63, 3.8) is 0 Å². The largest absolute Gasteiger partial charge is 0.493 e. The summed E-state index contributed by atoms with van der Waals surface area (Å²) in [5.41, 5.74) is 0.807. The van der Waals surface area contributed by atoms with Gasteiger partial charge in [0, 0.05) is 0 Å². The zero-order valence-electron chi connectivity index (χ0n) is 16.7. The Hall–Kier alpha value is -2.45.